The minimum atomic E-state index is -0.692. The van der Waals surface area contributed by atoms with Gasteiger partial charge in [0.2, 0.25) is 11.8 Å². The first kappa shape index (κ1) is 26.9. The van der Waals surface area contributed by atoms with Crippen LogP contribution >= 0.6 is 24.8 Å². The van der Waals surface area contributed by atoms with Crippen molar-refractivity contribution in [1.82, 2.24) is 20.2 Å². The van der Waals surface area contributed by atoms with Crippen LogP contribution in [0.2, 0.25) is 0 Å². The molecule has 2 aromatic rings. The summed E-state index contributed by atoms with van der Waals surface area (Å²) < 4.78 is 1.97. The monoisotopic (exact) mass is 443 g/mol. The molecule has 9 heteroatoms. The number of carbonyl (C=O) groups excluding carboxylic acids is 2. The number of hydrogen-bond donors (Lipinski definition) is 3. The van der Waals surface area contributed by atoms with E-state index in [2.05, 4.69) is 27.8 Å². The van der Waals surface area contributed by atoms with E-state index in [1.807, 2.05) is 42.8 Å². The van der Waals surface area contributed by atoms with Crippen molar-refractivity contribution in [1.29, 1.82) is 0 Å². The van der Waals surface area contributed by atoms with Crippen LogP contribution in [-0.4, -0.2) is 40.0 Å². The van der Waals surface area contributed by atoms with Crippen molar-refractivity contribution in [3.63, 3.8) is 0 Å². The van der Waals surface area contributed by atoms with Gasteiger partial charge in [0.25, 0.3) is 0 Å². The van der Waals surface area contributed by atoms with Gasteiger partial charge in [-0.3, -0.25) is 9.59 Å². The average Bonchev–Trinajstić information content (AvgIpc) is 3.09. The smallest absolute Gasteiger partial charge is 0.237 e. The molecule has 1 unspecified atom stereocenters. The summed E-state index contributed by atoms with van der Waals surface area (Å²) in [6.07, 6.45) is 5.12. The van der Waals surface area contributed by atoms with E-state index >= 15 is 0 Å². The molecule has 1 aromatic carbocycles. The molecule has 0 spiro atoms. The maximum atomic E-state index is 12.1. The highest BCUT2D eigenvalue weighted by atomic mass is 35.5. The third-order valence-corrected chi connectivity index (χ3v) is 4.33. The highest BCUT2D eigenvalue weighted by molar-refractivity contribution is 5.85. The molecule has 29 heavy (non-hydrogen) atoms. The number of rotatable bonds is 10. The average molecular weight is 444 g/mol. The molecule has 0 aliphatic rings. The molecule has 0 bridgehead atoms. The van der Waals surface area contributed by atoms with Gasteiger partial charge in [-0.25, -0.2) is 4.98 Å². The number of amides is 2. The molecule has 1 heterocycles. The largest absolute Gasteiger partial charge is 0.354 e. The van der Waals surface area contributed by atoms with E-state index in [0.29, 0.717) is 6.42 Å². The van der Waals surface area contributed by atoms with Crippen LogP contribution in [0.15, 0.2) is 42.9 Å². The Morgan fingerprint density at radius 2 is 1.90 bits per heavy atom. The maximum absolute atomic E-state index is 12.1. The predicted octanol–water partition coefficient (Wildman–Crippen LogP) is 2.07. The molecule has 0 radical (unpaired) electrons. The van der Waals surface area contributed by atoms with Crippen LogP contribution in [0.3, 0.4) is 0 Å². The van der Waals surface area contributed by atoms with E-state index in [0.717, 1.165) is 18.7 Å². The lowest BCUT2D eigenvalue weighted by Gasteiger charge is -2.13. The van der Waals surface area contributed by atoms with Crippen LogP contribution in [0.5, 0.6) is 0 Å². The first-order valence-corrected chi connectivity index (χ1v) is 9.35. The summed E-state index contributed by atoms with van der Waals surface area (Å²) in [7, 11) is 0. The number of carbonyl (C=O) groups is 2. The Bertz CT molecular complexity index is 739. The highest BCUT2D eigenvalue weighted by Crippen LogP contribution is 2.05. The van der Waals surface area contributed by atoms with E-state index in [1.165, 1.54) is 5.56 Å². The van der Waals surface area contributed by atoms with E-state index < -0.39 is 6.04 Å². The molecule has 2 amide bonds. The van der Waals surface area contributed by atoms with Crippen LogP contribution in [0.1, 0.15) is 37.9 Å². The lowest BCUT2D eigenvalue weighted by Crippen LogP contribution is -2.43. The molecule has 2 rings (SSSR count). The quantitative estimate of drug-likeness (QED) is 0.522. The normalized spacial score (nSPS) is 12.1. The van der Waals surface area contributed by atoms with E-state index in [-0.39, 0.29) is 55.6 Å². The molecule has 0 saturated carbocycles. The number of nitrogens with one attached hydrogen (secondary N) is 2. The lowest BCUT2D eigenvalue weighted by molar-refractivity contribution is -0.123. The summed E-state index contributed by atoms with van der Waals surface area (Å²) in [5.41, 5.74) is 7.91. The third kappa shape index (κ3) is 9.78. The number of nitrogens with zero attached hydrogens (tertiary/aromatic N) is 2. The van der Waals surface area contributed by atoms with E-state index in [1.54, 1.807) is 6.33 Å². The fourth-order valence-corrected chi connectivity index (χ4v) is 2.59. The van der Waals surface area contributed by atoms with Gasteiger partial charge in [-0.05, 0) is 18.9 Å². The van der Waals surface area contributed by atoms with E-state index in [9.17, 15) is 9.59 Å². The van der Waals surface area contributed by atoms with Crippen LogP contribution in [-0.2, 0) is 22.6 Å². The number of nitrogens with two attached hydrogens (primary N) is 1. The Kier molecular flexibility index (Phi) is 13.0. The topological polar surface area (TPSA) is 102 Å². The van der Waals surface area contributed by atoms with Crippen molar-refractivity contribution < 1.29 is 9.59 Å². The fraction of sp³-hybridized carbons (Fsp3) is 0.450. The summed E-state index contributed by atoms with van der Waals surface area (Å²) in [4.78, 5) is 28.1. The number of imidazole rings is 1. The minimum absolute atomic E-state index is 0. The van der Waals surface area contributed by atoms with Crippen LogP contribution < -0.4 is 16.4 Å². The van der Waals surface area contributed by atoms with Crippen molar-refractivity contribution in [2.75, 3.05) is 6.54 Å². The minimum Gasteiger partial charge on any atom is -0.354 e. The van der Waals surface area contributed by atoms with Crippen molar-refractivity contribution in [3.8, 4) is 0 Å². The van der Waals surface area contributed by atoms with Crippen molar-refractivity contribution in [2.45, 2.75) is 51.7 Å². The molecular weight excluding hydrogens is 413 g/mol. The first-order chi connectivity index (χ1) is 13.0. The summed E-state index contributed by atoms with van der Waals surface area (Å²) in [5, 5.41) is 5.57. The standard InChI is InChI=1S/C20H29N5O2.2ClH/c1-3-15(2)24-19(26)9-10-22-20(27)18(21)11-17-13-25(14-23-17)12-16-7-5-4-6-8-16;;/h4-8,13-15,18H,3,9-12,21H2,1-2H3,(H,22,27)(H,24,26);2*1H/t15?,18-;;/m0../s1. The summed E-state index contributed by atoms with van der Waals surface area (Å²) in [5.74, 6) is -0.346. The van der Waals surface area contributed by atoms with Gasteiger partial charge in [0.15, 0.2) is 0 Å². The summed E-state index contributed by atoms with van der Waals surface area (Å²) in [6, 6.07) is 9.53. The zero-order chi connectivity index (χ0) is 19.6. The number of halogens is 2. The van der Waals surface area contributed by atoms with Crippen LogP contribution in [0.4, 0.5) is 0 Å². The zero-order valence-corrected chi connectivity index (χ0v) is 18.5. The number of hydrogen-bond acceptors (Lipinski definition) is 4. The molecule has 4 N–H and O–H groups in total. The Labute approximate surface area is 184 Å². The van der Waals surface area contributed by atoms with Crippen LogP contribution in [0.25, 0.3) is 0 Å². The van der Waals surface area contributed by atoms with Crippen molar-refractivity contribution >= 4 is 36.6 Å². The molecule has 0 saturated heterocycles. The highest BCUT2D eigenvalue weighted by Gasteiger charge is 2.16. The van der Waals surface area contributed by atoms with Gasteiger partial charge in [-0.1, -0.05) is 37.3 Å². The van der Waals surface area contributed by atoms with Crippen LogP contribution in [0, 0.1) is 0 Å². The Morgan fingerprint density at radius 1 is 1.21 bits per heavy atom. The summed E-state index contributed by atoms with van der Waals surface area (Å²) in [6.45, 7) is 4.95. The first-order valence-electron chi connectivity index (χ1n) is 9.35. The second kappa shape index (κ2) is 14.0. The Hall–Kier alpha value is -2.09. The van der Waals surface area contributed by atoms with Gasteiger partial charge < -0.3 is 20.9 Å². The zero-order valence-electron chi connectivity index (χ0n) is 16.8. The Balaban J connectivity index is 0.00000392. The van der Waals surface area contributed by atoms with Crippen molar-refractivity contribution in [3.05, 3.63) is 54.1 Å². The molecule has 1 aromatic heterocycles. The second-order valence-corrected chi connectivity index (χ2v) is 6.75. The van der Waals surface area contributed by atoms with E-state index in [4.69, 9.17) is 5.73 Å². The number of benzene rings is 1. The summed E-state index contributed by atoms with van der Waals surface area (Å²) >= 11 is 0. The maximum Gasteiger partial charge on any atom is 0.237 e. The molecule has 7 nitrogen and oxygen atoms in total. The Morgan fingerprint density at radius 3 is 2.55 bits per heavy atom. The number of aromatic nitrogens is 2. The second-order valence-electron chi connectivity index (χ2n) is 6.75. The van der Waals surface area contributed by atoms with Gasteiger partial charge in [-0.15, -0.1) is 24.8 Å². The molecule has 0 aliphatic carbocycles. The fourth-order valence-electron chi connectivity index (χ4n) is 2.59. The van der Waals surface area contributed by atoms with Gasteiger partial charge in [0, 0.05) is 38.2 Å². The predicted molar refractivity (Wildman–Crippen MR) is 119 cm³/mol. The molecule has 0 fully saturated rings. The van der Waals surface area contributed by atoms with Gasteiger partial charge in [0.05, 0.1) is 18.1 Å². The SMILES string of the molecule is CCC(C)NC(=O)CCNC(=O)[C@@H](N)Cc1cn(Cc2ccccc2)cn1.Cl.Cl. The van der Waals surface area contributed by atoms with Crippen molar-refractivity contribution in [2.24, 2.45) is 5.73 Å². The third-order valence-electron chi connectivity index (χ3n) is 4.33. The lowest BCUT2D eigenvalue weighted by atomic mass is 10.1. The van der Waals surface area contributed by atoms with Gasteiger partial charge in [0.1, 0.15) is 0 Å². The molecule has 2 atom stereocenters. The van der Waals surface area contributed by atoms with Gasteiger partial charge >= 0.3 is 0 Å². The molecule has 162 valence electrons. The molecular formula is C20H31Cl2N5O2. The van der Waals surface area contributed by atoms with Gasteiger partial charge in [-0.2, -0.15) is 0 Å². The molecule has 0 aliphatic heterocycles.